The van der Waals surface area contributed by atoms with E-state index >= 15 is 0 Å². The molecular weight excluding hydrogens is 417 g/mol. The highest BCUT2D eigenvalue weighted by atomic mass is 31.2. The molecule has 0 rings (SSSR count). The van der Waals surface area contributed by atoms with Crippen LogP contribution in [0.3, 0.4) is 0 Å². The number of allylic oxidation sites excluding steroid dienone is 2. The molecule has 0 spiro atoms. The molecule has 0 aromatic heterocycles. The largest absolute Gasteiger partial charge is 0.385 e. The highest BCUT2D eigenvalue weighted by Crippen LogP contribution is 2.51. The van der Waals surface area contributed by atoms with Gasteiger partial charge in [0.05, 0.1) is 27.7 Å². The van der Waals surface area contributed by atoms with Crippen LogP contribution in [0.1, 0.15) is 129 Å². The standard InChI is InChI=1S/C27H56NO3P/c1-6-8-9-10-11-12-13-14-15-16-17-18-19-20-21-22-23-24-26-31-32(29,30)27(25-7-2)28(3,4)5/h11-12,27H,6-10,13-26H2,1-5H3/p+1. The van der Waals surface area contributed by atoms with Crippen molar-refractivity contribution in [2.24, 2.45) is 0 Å². The van der Waals surface area contributed by atoms with Crippen LogP contribution in [0.25, 0.3) is 0 Å². The average Bonchev–Trinajstić information content (AvgIpc) is 2.72. The Balaban J connectivity index is 3.52. The molecule has 0 fully saturated rings. The smallest absolute Gasteiger partial charge is 0.320 e. The number of quaternary nitrogens is 1. The summed E-state index contributed by atoms with van der Waals surface area (Å²) >= 11 is 0. The zero-order valence-corrected chi connectivity index (χ0v) is 23.2. The summed E-state index contributed by atoms with van der Waals surface area (Å²) in [7, 11) is 2.35. The zero-order valence-electron chi connectivity index (χ0n) is 22.3. The molecule has 0 radical (unpaired) electrons. The molecular formula is C27H57NO3P+. The van der Waals surface area contributed by atoms with Crippen LogP contribution in [0.15, 0.2) is 12.2 Å². The minimum absolute atomic E-state index is 0.334. The van der Waals surface area contributed by atoms with Gasteiger partial charge in [-0.25, -0.2) is 0 Å². The van der Waals surface area contributed by atoms with Crippen molar-refractivity contribution in [1.82, 2.24) is 0 Å². The van der Waals surface area contributed by atoms with Gasteiger partial charge in [0, 0.05) is 6.42 Å². The Bertz CT molecular complexity index is 488. The molecule has 0 aliphatic carbocycles. The Kier molecular flexibility index (Phi) is 20.1. The van der Waals surface area contributed by atoms with Crippen LogP contribution >= 0.6 is 7.60 Å². The summed E-state index contributed by atoms with van der Waals surface area (Å²) in [5.74, 6) is -0.334. The maximum Gasteiger partial charge on any atom is 0.385 e. The van der Waals surface area contributed by atoms with E-state index < -0.39 is 7.60 Å². The van der Waals surface area contributed by atoms with E-state index in [0.29, 0.717) is 17.5 Å². The summed E-state index contributed by atoms with van der Waals surface area (Å²) in [5, 5.41) is 0. The molecule has 0 saturated carbocycles. The lowest BCUT2D eigenvalue weighted by molar-refractivity contribution is -0.883. The summed E-state index contributed by atoms with van der Waals surface area (Å²) in [5.41, 5.74) is 0. The Labute approximate surface area is 201 Å². The summed E-state index contributed by atoms with van der Waals surface area (Å²) in [4.78, 5) is 10.4. The molecule has 0 saturated heterocycles. The van der Waals surface area contributed by atoms with E-state index in [9.17, 15) is 9.46 Å². The molecule has 5 heteroatoms. The number of rotatable bonds is 23. The maximum atomic E-state index is 12.6. The second kappa shape index (κ2) is 20.2. The van der Waals surface area contributed by atoms with Crippen molar-refractivity contribution in [2.45, 2.75) is 135 Å². The van der Waals surface area contributed by atoms with E-state index in [2.05, 4.69) is 26.0 Å². The Hall–Kier alpha value is -0.150. The van der Waals surface area contributed by atoms with Crippen LogP contribution in [0, 0.1) is 0 Å². The molecule has 0 aromatic carbocycles. The van der Waals surface area contributed by atoms with Crippen molar-refractivity contribution in [3.63, 3.8) is 0 Å². The number of nitrogens with zero attached hydrogens (tertiary/aromatic N) is 1. The first kappa shape index (κ1) is 31.9. The van der Waals surface area contributed by atoms with Gasteiger partial charge in [-0.15, -0.1) is 0 Å². The highest BCUT2D eigenvalue weighted by molar-refractivity contribution is 7.53. The summed E-state index contributed by atoms with van der Waals surface area (Å²) < 4.78 is 18.6. The molecule has 4 nitrogen and oxygen atoms in total. The predicted octanol–water partition coefficient (Wildman–Crippen LogP) is 8.84. The molecule has 192 valence electrons. The molecule has 32 heavy (non-hydrogen) atoms. The summed E-state index contributed by atoms with van der Waals surface area (Å²) in [6.07, 6.45) is 26.9. The first-order valence-corrected chi connectivity index (χ1v) is 15.3. The lowest BCUT2D eigenvalue weighted by atomic mass is 10.1. The Morgan fingerprint density at radius 1 is 0.719 bits per heavy atom. The molecule has 2 atom stereocenters. The summed E-state index contributed by atoms with van der Waals surface area (Å²) in [6.45, 7) is 4.72. The van der Waals surface area contributed by atoms with Gasteiger partial charge in [-0.1, -0.05) is 96.6 Å². The fraction of sp³-hybridized carbons (Fsp3) is 0.926. The first-order valence-electron chi connectivity index (χ1n) is 13.7. The minimum Gasteiger partial charge on any atom is -0.320 e. The van der Waals surface area contributed by atoms with Gasteiger partial charge >= 0.3 is 7.60 Å². The van der Waals surface area contributed by atoms with Gasteiger partial charge in [0.15, 0.2) is 5.78 Å². The summed E-state index contributed by atoms with van der Waals surface area (Å²) in [6, 6.07) is 0. The molecule has 0 amide bonds. The fourth-order valence-electron chi connectivity index (χ4n) is 4.23. The molecule has 0 aromatic rings. The third-order valence-electron chi connectivity index (χ3n) is 6.25. The molecule has 0 bridgehead atoms. The zero-order chi connectivity index (χ0) is 24.1. The maximum absolute atomic E-state index is 12.6. The SMILES string of the molecule is CCCCCC=CCCCCCCCCCCCCCOP(=O)(O)C(CCC)[N+](C)(C)C. The Morgan fingerprint density at radius 2 is 1.16 bits per heavy atom. The predicted molar refractivity (Wildman–Crippen MR) is 141 cm³/mol. The van der Waals surface area contributed by atoms with Gasteiger partial charge in [0.25, 0.3) is 0 Å². The van der Waals surface area contributed by atoms with Gasteiger partial charge in [-0.2, -0.15) is 0 Å². The second-order valence-electron chi connectivity index (χ2n) is 10.4. The van der Waals surface area contributed by atoms with Crippen molar-refractivity contribution in [3.8, 4) is 0 Å². The third kappa shape index (κ3) is 18.3. The lowest BCUT2D eigenvalue weighted by Crippen LogP contribution is -2.45. The monoisotopic (exact) mass is 474 g/mol. The van der Waals surface area contributed by atoms with Crippen LogP contribution in [-0.2, 0) is 9.09 Å². The van der Waals surface area contributed by atoms with Gasteiger partial charge in [0.2, 0.25) is 0 Å². The van der Waals surface area contributed by atoms with Crippen molar-refractivity contribution < 1.29 is 18.5 Å². The molecule has 2 unspecified atom stereocenters. The third-order valence-corrected chi connectivity index (χ3v) is 8.51. The minimum atomic E-state index is -3.56. The van der Waals surface area contributed by atoms with Crippen LogP contribution in [0.5, 0.6) is 0 Å². The van der Waals surface area contributed by atoms with E-state index in [4.69, 9.17) is 4.52 Å². The molecule has 1 N–H and O–H groups in total. The molecule has 0 aliphatic heterocycles. The number of unbranched alkanes of at least 4 members (excludes halogenated alkanes) is 14. The van der Waals surface area contributed by atoms with Gasteiger partial charge in [0.1, 0.15) is 0 Å². The van der Waals surface area contributed by atoms with E-state index in [1.165, 1.54) is 89.9 Å². The second-order valence-corrected chi connectivity index (χ2v) is 12.4. The van der Waals surface area contributed by atoms with E-state index in [1.54, 1.807) is 0 Å². The van der Waals surface area contributed by atoms with Crippen LogP contribution in [0.4, 0.5) is 0 Å². The molecule has 0 aliphatic rings. The van der Waals surface area contributed by atoms with Crippen molar-refractivity contribution in [1.29, 1.82) is 0 Å². The lowest BCUT2D eigenvalue weighted by Gasteiger charge is -2.35. The molecule has 0 heterocycles. The van der Waals surface area contributed by atoms with Crippen molar-refractivity contribution in [2.75, 3.05) is 27.7 Å². The van der Waals surface area contributed by atoms with Crippen molar-refractivity contribution in [3.05, 3.63) is 12.2 Å². The van der Waals surface area contributed by atoms with Gasteiger partial charge < -0.3 is 13.9 Å². The topological polar surface area (TPSA) is 46.5 Å². The highest BCUT2D eigenvalue weighted by Gasteiger charge is 2.41. The van der Waals surface area contributed by atoms with Crippen LogP contribution < -0.4 is 0 Å². The quantitative estimate of drug-likeness (QED) is 0.0696. The van der Waals surface area contributed by atoms with Crippen LogP contribution in [0.2, 0.25) is 0 Å². The Morgan fingerprint density at radius 3 is 1.59 bits per heavy atom. The van der Waals surface area contributed by atoms with Crippen molar-refractivity contribution >= 4 is 7.60 Å². The number of hydrogen-bond donors (Lipinski definition) is 1. The van der Waals surface area contributed by atoms with Gasteiger partial charge in [-0.3, -0.25) is 4.57 Å². The van der Waals surface area contributed by atoms with Gasteiger partial charge in [-0.05, 0) is 38.5 Å². The normalized spacial score (nSPS) is 15.3. The fourth-order valence-corrected chi connectivity index (χ4v) is 6.25. The first-order chi connectivity index (χ1) is 15.3. The average molecular weight is 475 g/mol. The van der Waals surface area contributed by atoms with Crippen LogP contribution in [-0.4, -0.2) is 42.9 Å². The van der Waals surface area contributed by atoms with E-state index in [0.717, 1.165) is 19.3 Å². The van der Waals surface area contributed by atoms with E-state index in [1.807, 2.05) is 21.1 Å². The van der Waals surface area contributed by atoms with E-state index in [-0.39, 0.29) is 5.78 Å². The number of hydrogen-bond acceptors (Lipinski definition) is 2.